The van der Waals surface area contributed by atoms with Gasteiger partial charge in [-0.3, -0.25) is 9.69 Å². The molecule has 2 nitrogen and oxygen atoms in total. The molecule has 1 aliphatic rings. The fourth-order valence-electron chi connectivity index (χ4n) is 3.05. The van der Waals surface area contributed by atoms with Gasteiger partial charge in [-0.25, -0.2) is 0 Å². The first kappa shape index (κ1) is 16.4. The standard InChI is InChI=1S/C22H23NO/c1-18(22(24)21-14-8-9-15-21)23(16-19-10-4-2-5-11-19)17-20-12-6-3-7-13-20/h2-15,18,21H,16-17H2,1H3/t18-/m0/s1. The highest BCUT2D eigenvalue weighted by atomic mass is 16.1. The molecular formula is C22H23NO. The van der Waals surface area contributed by atoms with E-state index < -0.39 is 0 Å². The zero-order chi connectivity index (χ0) is 16.8. The van der Waals surface area contributed by atoms with E-state index in [-0.39, 0.29) is 17.7 Å². The average Bonchev–Trinajstić information content (AvgIpc) is 3.16. The molecule has 0 heterocycles. The van der Waals surface area contributed by atoms with Gasteiger partial charge >= 0.3 is 0 Å². The van der Waals surface area contributed by atoms with Gasteiger partial charge in [0.1, 0.15) is 0 Å². The molecular weight excluding hydrogens is 294 g/mol. The monoisotopic (exact) mass is 317 g/mol. The first-order valence-corrected chi connectivity index (χ1v) is 8.44. The summed E-state index contributed by atoms with van der Waals surface area (Å²) in [6.45, 7) is 3.56. The third kappa shape index (κ3) is 4.09. The van der Waals surface area contributed by atoms with Gasteiger partial charge in [0.2, 0.25) is 0 Å². The van der Waals surface area contributed by atoms with E-state index >= 15 is 0 Å². The lowest BCUT2D eigenvalue weighted by molar-refractivity contribution is -0.125. The minimum absolute atomic E-state index is 0.0888. The lowest BCUT2D eigenvalue weighted by Crippen LogP contribution is -2.40. The molecule has 0 fully saturated rings. The van der Waals surface area contributed by atoms with E-state index in [0.29, 0.717) is 0 Å². The van der Waals surface area contributed by atoms with Crippen LogP contribution in [0.15, 0.2) is 85.0 Å². The third-order valence-electron chi connectivity index (χ3n) is 4.49. The van der Waals surface area contributed by atoms with Crippen LogP contribution in [0.3, 0.4) is 0 Å². The van der Waals surface area contributed by atoms with Gasteiger partial charge in [0.25, 0.3) is 0 Å². The van der Waals surface area contributed by atoms with E-state index in [2.05, 4.69) is 29.2 Å². The summed E-state index contributed by atoms with van der Waals surface area (Å²) in [5.41, 5.74) is 2.45. The van der Waals surface area contributed by atoms with E-state index in [1.54, 1.807) is 0 Å². The van der Waals surface area contributed by atoms with Crippen LogP contribution in [-0.4, -0.2) is 16.7 Å². The predicted octanol–water partition coefficient (Wildman–Crippen LogP) is 4.39. The van der Waals surface area contributed by atoms with Crippen molar-refractivity contribution in [1.29, 1.82) is 0 Å². The van der Waals surface area contributed by atoms with Gasteiger partial charge < -0.3 is 0 Å². The highest BCUT2D eigenvalue weighted by Crippen LogP contribution is 2.19. The van der Waals surface area contributed by atoms with Crippen molar-refractivity contribution in [2.45, 2.75) is 26.1 Å². The Hall–Kier alpha value is -2.45. The van der Waals surface area contributed by atoms with Crippen molar-refractivity contribution in [2.75, 3.05) is 0 Å². The molecule has 1 atom stereocenters. The number of hydrogen-bond donors (Lipinski definition) is 0. The molecule has 0 saturated carbocycles. The number of carbonyl (C=O) groups excluding carboxylic acids is 1. The van der Waals surface area contributed by atoms with Crippen molar-refractivity contribution in [3.63, 3.8) is 0 Å². The Morgan fingerprint density at radius 3 is 1.79 bits per heavy atom. The number of Topliss-reactive ketones (excluding diaryl/α,β-unsaturated/α-hetero) is 1. The quantitative estimate of drug-likeness (QED) is 0.755. The molecule has 0 saturated heterocycles. The summed E-state index contributed by atoms with van der Waals surface area (Å²) >= 11 is 0. The lowest BCUT2D eigenvalue weighted by atomic mass is 9.98. The van der Waals surface area contributed by atoms with Gasteiger partial charge in [0.05, 0.1) is 12.0 Å². The van der Waals surface area contributed by atoms with Crippen molar-refractivity contribution in [3.05, 3.63) is 96.1 Å². The van der Waals surface area contributed by atoms with Gasteiger partial charge in [0, 0.05) is 13.1 Å². The fraction of sp³-hybridized carbons (Fsp3) is 0.227. The molecule has 0 N–H and O–H groups in total. The lowest BCUT2D eigenvalue weighted by Gasteiger charge is -2.29. The minimum atomic E-state index is -0.136. The highest BCUT2D eigenvalue weighted by Gasteiger charge is 2.26. The Morgan fingerprint density at radius 1 is 0.875 bits per heavy atom. The van der Waals surface area contributed by atoms with E-state index in [0.717, 1.165) is 13.1 Å². The molecule has 0 spiro atoms. The number of nitrogens with zero attached hydrogens (tertiary/aromatic N) is 1. The molecule has 1 aliphatic carbocycles. The summed E-state index contributed by atoms with van der Waals surface area (Å²) in [7, 11) is 0. The van der Waals surface area contributed by atoms with Crippen molar-refractivity contribution < 1.29 is 4.79 Å². The minimum Gasteiger partial charge on any atom is -0.297 e. The molecule has 0 amide bonds. The smallest absolute Gasteiger partial charge is 0.160 e. The molecule has 0 bridgehead atoms. The molecule has 0 radical (unpaired) electrons. The zero-order valence-electron chi connectivity index (χ0n) is 14.0. The highest BCUT2D eigenvalue weighted by molar-refractivity contribution is 5.89. The van der Waals surface area contributed by atoms with Crippen LogP contribution in [0.4, 0.5) is 0 Å². The van der Waals surface area contributed by atoms with Gasteiger partial charge in [-0.1, -0.05) is 85.0 Å². The predicted molar refractivity (Wildman–Crippen MR) is 98.4 cm³/mol. The van der Waals surface area contributed by atoms with Gasteiger partial charge in [0.15, 0.2) is 5.78 Å². The number of benzene rings is 2. The van der Waals surface area contributed by atoms with Crippen LogP contribution >= 0.6 is 0 Å². The molecule has 0 unspecified atom stereocenters. The van der Waals surface area contributed by atoms with E-state index in [1.807, 2.05) is 67.6 Å². The number of rotatable bonds is 7. The van der Waals surface area contributed by atoms with E-state index in [9.17, 15) is 4.79 Å². The normalized spacial score (nSPS) is 15.1. The zero-order valence-corrected chi connectivity index (χ0v) is 14.0. The fourth-order valence-corrected chi connectivity index (χ4v) is 3.05. The number of allylic oxidation sites excluding steroid dienone is 4. The first-order chi connectivity index (χ1) is 11.7. The number of hydrogen-bond acceptors (Lipinski definition) is 2. The molecule has 24 heavy (non-hydrogen) atoms. The summed E-state index contributed by atoms with van der Waals surface area (Å²) in [4.78, 5) is 15.1. The molecule has 0 aliphatic heterocycles. The van der Waals surface area contributed by atoms with Crippen LogP contribution in [0, 0.1) is 5.92 Å². The maximum Gasteiger partial charge on any atom is 0.160 e. The summed E-state index contributed by atoms with van der Waals surface area (Å²) in [6.07, 6.45) is 7.85. The molecule has 2 aromatic carbocycles. The summed E-state index contributed by atoms with van der Waals surface area (Å²) < 4.78 is 0. The van der Waals surface area contributed by atoms with Crippen molar-refractivity contribution >= 4 is 5.78 Å². The third-order valence-corrected chi connectivity index (χ3v) is 4.49. The molecule has 0 aromatic heterocycles. The summed E-state index contributed by atoms with van der Waals surface area (Å²) in [5.74, 6) is 0.168. The summed E-state index contributed by atoms with van der Waals surface area (Å²) in [6, 6.07) is 20.6. The Morgan fingerprint density at radius 2 is 1.33 bits per heavy atom. The van der Waals surface area contributed by atoms with Crippen LogP contribution in [0.1, 0.15) is 18.1 Å². The maximum absolute atomic E-state index is 12.8. The van der Waals surface area contributed by atoms with Gasteiger partial charge in [-0.2, -0.15) is 0 Å². The van der Waals surface area contributed by atoms with Crippen molar-refractivity contribution in [3.8, 4) is 0 Å². The molecule has 3 rings (SSSR count). The first-order valence-electron chi connectivity index (χ1n) is 8.44. The Bertz CT molecular complexity index is 665. The van der Waals surface area contributed by atoms with Crippen LogP contribution in [0.2, 0.25) is 0 Å². The molecule has 2 aromatic rings. The van der Waals surface area contributed by atoms with Crippen molar-refractivity contribution in [2.24, 2.45) is 5.92 Å². The van der Waals surface area contributed by atoms with E-state index in [4.69, 9.17) is 0 Å². The molecule has 122 valence electrons. The Balaban J connectivity index is 1.79. The average molecular weight is 317 g/mol. The largest absolute Gasteiger partial charge is 0.297 e. The van der Waals surface area contributed by atoms with Crippen LogP contribution in [0.25, 0.3) is 0 Å². The second kappa shape index (κ2) is 7.89. The summed E-state index contributed by atoms with van der Waals surface area (Å²) in [5, 5.41) is 0. The van der Waals surface area contributed by atoms with Crippen LogP contribution in [0.5, 0.6) is 0 Å². The number of carbonyl (C=O) groups is 1. The second-order valence-electron chi connectivity index (χ2n) is 6.25. The number of ketones is 1. The van der Waals surface area contributed by atoms with E-state index in [1.165, 1.54) is 11.1 Å². The van der Waals surface area contributed by atoms with Crippen LogP contribution < -0.4 is 0 Å². The second-order valence-corrected chi connectivity index (χ2v) is 6.25. The SMILES string of the molecule is C[C@@H](C(=O)C1C=CC=C1)N(Cc1ccccc1)Cc1ccccc1. The van der Waals surface area contributed by atoms with Crippen LogP contribution in [-0.2, 0) is 17.9 Å². The Kier molecular flexibility index (Phi) is 5.39. The molecule has 2 heteroatoms. The van der Waals surface area contributed by atoms with Gasteiger partial charge in [-0.05, 0) is 18.1 Å². The van der Waals surface area contributed by atoms with Crippen molar-refractivity contribution in [1.82, 2.24) is 4.90 Å². The van der Waals surface area contributed by atoms with Gasteiger partial charge in [-0.15, -0.1) is 0 Å². The maximum atomic E-state index is 12.8. The Labute approximate surface area is 144 Å². The topological polar surface area (TPSA) is 20.3 Å².